The van der Waals surface area contributed by atoms with Crippen LogP contribution in [0.4, 0.5) is 4.39 Å². The molecule has 3 aromatic rings. The summed E-state index contributed by atoms with van der Waals surface area (Å²) in [6, 6.07) is 15.9. The van der Waals surface area contributed by atoms with E-state index in [1.165, 1.54) is 18.4 Å². The van der Waals surface area contributed by atoms with Crippen LogP contribution in [0.25, 0.3) is 5.69 Å². The number of guanidine groups is 1. The van der Waals surface area contributed by atoms with E-state index >= 15 is 0 Å². The maximum atomic E-state index is 14.6. The second kappa shape index (κ2) is 8.07. The highest BCUT2D eigenvalue weighted by molar-refractivity contribution is 5.79. The van der Waals surface area contributed by atoms with Gasteiger partial charge in [0, 0.05) is 37.9 Å². The lowest BCUT2D eigenvalue weighted by atomic mass is 9.96. The van der Waals surface area contributed by atoms with Crippen molar-refractivity contribution < 1.29 is 4.39 Å². The molecular formula is C23H26FN5. The van der Waals surface area contributed by atoms with Gasteiger partial charge in [-0.2, -0.15) is 0 Å². The average molecular weight is 391 g/mol. The quantitative estimate of drug-likeness (QED) is 0.497. The number of aliphatic imine (C=N–C) groups is 1. The van der Waals surface area contributed by atoms with Gasteiger partial charge in [0.25, 0.3) is 0 Å². The number of benzene rings is 2. The van der Waals surface area contributed by atoms with Gasteiger partial charge >= 0.3 is 0 Å². The van der Waals surface area contributed by atoms with Crippen LogP contribution < -0.4 is 10.6 Å². The fourth-order valence-electron chi connectivity index (χ4n) is 3.66. The highest BCUT2D eigenvalue weighted by atomic mass is 19.1. The van der Waals surface area contributed by atoms with Crippen molar-refractivity contribution in [2.75, 3.05) is 13.6 Å². The highest BCUT2D eigenvalue weighted by Gasteiger charge is 2.43. The summed E-state index contributed by atoms with van der Waals surface area (Å²) < 4.78 is 16.3. The van der Waals surface area contributed by atoms with Crippen molar-refractivity contribution in [3.63, 3.8) is 0 Å². The van der Waals surface area contributed by atoms with Gasteiger partial charge in [-0.15, -0.1) is 0 Å². The zero-order chi connectivity index (χ0) is 20.3. The number of imidazole rings is 1. The van der Waals surface area contributed by atoms with Crippen LogP contribution in [0.3, 0.4) is 0 Å². The van der Waals surface area contributed by atoms with E-state index in [4.69, 9.17) is 0 Å². The number of aryl methyl sites for hydroxylation is 1. The van der Waals surface area contributed by atoms with E-state index in [1.807, 2.05) is 19.1 Å². The first-order valence-electron chi connectivity index (χ1n) is 9.90. The minimum atomic E-state index is -0.269. The molecule has 1 aliphatic rings. The fraction of sp³-hybridized carbons (Fsp3) is 0.304. The van der Waals surface area contributed by atoms with Crippen molar-refractivity contribution in [2.24, 2.45) is 4.99 Å². The smallest absolute Gasteiger partial charge is 0.191 e. The standard InChI is InChI=1S/C23H26FN5/c1-17-26-12-13-29(17)21-9-8-18(14-20(21)24)15-27-22(25-2)28-16-23(10-11-23)19-6-4-3-5-7-19/h3-9,12-14H,10-11,15-16H2,1-2H3,(H2,25,27,28). The molecule has 5 nitrogen and oxygen atoms in total. The van der Waals surface area contributed by atoms with Gasteiger partial charge in [-0.05, 0) is 43.0 Å². The SMILES string of the molecule is CN=C(NCc1ccc(-n2ccnc2C)c(F)c1)NCC1(c2ccccc2)CC1. The highest BCUT2D eigenvalue weighted by Crippen LogP contribution is 2.47. The molecule has 1 fully saturated rings. The average Bonchev–Trinajstić information content (AvgIpc) is 3.43. The van der Waals surface area contributed by atoms with E-state index < -0.39 is 0 Å². The van der Waals surface area contributed by atoms with Crippen molar-refractivity contribution in [3.05, 3.63) is 83.7 Å². The van der Waals surface area contributed by atoms with Crippen LogP contribution in [-0.2, 0) is 12.0 Å². The lowest BCUT2D eigenvalue weighted by molar-refractivity contribution is 0.612. The Labute approximate surface area is 170 Å². The minimum Gasteiger partial charge on any atom is -0.356 e. The molecule has 2 N–H and O–H groups in total. The largest absolute Gasteiger partial charge is 0.356 e. The molecule has 1 heterocycles. The van der Waals surface area contributed by atoms with Gasteiger partial charge in [0.2, 0.25) is 0 Å². The number of halogens is 1. The van der Waals surface area contributed by atoms with Crippen LogP contribution >= 0.6 is 0 Å². The molecule has 0 spiro atoms. The first-order chi connectivity index (χ1) is 14.1. The summed E-state index contributed by atoms with van der Waals surface area (Å²) in [5, 5.41) is 6.71. The molecule has 6 heteroatoms. The maximum Gasteiger partial charge on any atom is 0.191 e. The molecule has 0 saturated heterocycles. The molecule has 0 bridgehead atoms. The van der Waals surface area contributed by atoms with E-state index in [0.717, 1.165) is 23.9 Å². The third kappa shape index (κ3) is 4.16. The number of nitrogens with one attached hydrogen (secondary N) is 2. The van der Waals surface area contributed by atoms with Crippen molar-refractivity contribution in [1.82, 2.24) is 20.2 Å². The lowest BCUT2D eigenvalue weighted by Crippen LogP contribution is -2.40. The summed E-state index contributed by atoms with van der Waals surface area (Å²) in [4.78, 5) is 8.46. The molecule has 1 aromatic heterocycles. The van der Waals surface area contributed by atoms with Gasteiger partial charge in [0.1, 0.15) is 11.6 Å². The monoisotopic (exact) mass is 391 g/mol. The Bertz CT molecular complexity index is 1010. The second-order valence-electron chi connectivity index (χ2n) is 7.56. The Balaban J connectivity index is 1.36. The zero-order valence-electron chi connectivity index (χ0n) is 16.8. The maximum absolute atomic E-state index is 14.6. The normalized spacial score (nSPS) is 15.2. The number of rotatable bonds is 6. The predicted molar refractivity (Wildman–Crippen MR) is 114 cm³/mol. The molecule has 2 aromatic carbocycles. The topological polar surface area (TPSA) is 54.2 Å². The van der Waals surface area contributed by atoms with E-state index in [1.54, 1.807) is 36.1 Å². The minimum absolute atomic E-state index is 0.204. The third-order valence-corrected chi connectivity index (χ3v) is 5.61. The molecule has 4 rings (SSSR count). The van der Waals surface area contributed by atoms with Gasteiger partial charge in [-0.3, -0.25) is 4.99 Å². The van der Waals surface area contributed by atoms with Gasteiger partial charge in [0.05, 0.1) is 5.69 Å². The Kier molecular flexibility index (Phi) is 5.34. The van der Waals surface area contributed by atoms with Crippen LogP contribution in [0.2, 0.25) is 0 Å². The second-order valence-corrected chi connectivity index (χ2v) is 7.56. The molecule has 0 atom stereocenters. The van der Waals surface area contributed by atoms with Crippen molar-refractivity contribution in [3.8, 4) is 5.69 Å². The molecule has 0 radical (unpaired) electrons. The Morgan fingerprint density at radius 2 is 1.97 bits per heavy atom. The van der Waals surface area contributed by atoms with Gasteiger partial charge < -0.3 is 15.2 Å². The molecule has 29 heavy (non-hydrogen) atoms. The fourth-order valence-corrected chi connectivity index (χ4v) is 3.66. The first-order valence-corrected chi connectivity index (χ1v) is 9.90. The van der Waals surface area contributed by atoms with Crippen LogP contribution in [-0.4, -0.2) is 29.1 Å². The van der Waals surface area contributed by atoms with Gasteiger partial charge in [-0.25, -0.2) is 9.37 Å². The van der Waals surface area contributed by atoms with Crippen LogP contribution in [0, 0.1) is 12.7 Å². The Morgan fingerprint density at radius 3 is 2.59 bits per heavy atom. The summed E-state index contributed by atoms with van der Waals surface area (Å²) in [6.07, 6.45) is 5.79. The summed E-state index contributed by atoms with van der Waals surface area (Å²) >= 11 is 0. The Morgan fingerprint density at radius 1 is 1.17 bits per heavy atom. The molecule has 0 amide bonds. The predicted octanol–water partition coefficient (Wildman–Crippen LogP) is 3.72. The van der Waals surface area contributed by atoms with Crippen LogP contribution in [0.1, 0.15) is 29.8 Å². The first kappa shape index (κ1) is 19.2. The Hall–Kier alpha value is -3.15. The number of nitrogens with zero attached hydrogens (tertiary/aromatic N) is 3. The van der Waals surface area contributed by atoms with Crippen molar-refractivity contribution in [2.45, 2.75) is 31.7 Å². The third-order valence-electron chi connectivity index (χ3n) is 5.61. The van der Waals surface area contributed by atoms with Gasteiger partial charge in [-0.1, -0.05) is 36.4 Å². The van der Waals surface area contributed by atoms with E-state index in [-0.39, 0.29) is 11.2 Å². The molecule has 0 unspecified atom stereocenters. The molecule has 1 saturated carbocycles. The summed E-state index contributed by atoms with van der Waals surface area (Å²) in [6.45, 7) is 3.19. The molecule has 0 aliphatic heterocycles. The van der Waals surface area contributed by atoms with Gasteiger partial charge in [0.15, 0.2) is 5.96 Å². The van der Waals surface area contributed by atoms with Crippen LogP contribution in [0.5, 0.6) is 0 Å². The van der Waals surface area contributed by atoms with E-state index in [9.17, 15) is 4.39 Å². The number of aromatic nitrogens is 2. The number of hydrogen-bond donors (Lipinski definition) is 2. The molecule has 1 aliphatic carbocycles. The summed E-state index contributed by atoms with van der Waals surface area (Å²) in [5.74, 6) is 1.21. The lowest BCUT2D eigenvalue weighted by Gasteiger charge is -2.19. The zero-order valence-corrected chi connectivity index (χ0v) is 16.8. The summed E-state index contributed by atoms with van der Waals surface area (Å²) in [5.41, 5.74) is 2.94. The molecular weight excluding hydrogens is 365 g/mol. The number of hydrogen-bond acceptors (Lipinski definition) is 2. The van der Waals surface area contributed by atoms with Crippen molar-refractivity contribution >= 4 is 5.96 Å². The molecule has 150 valence electrons. The van der Waals surface area contributed by atoms with Crippen molar-refractivity contribution in [1.29, 1.82) is 0 Å². The van der Waals surface area contributed by atoms with E-state index in [0.29, 0.717) is 12.2 Å². The summed E-state index contributed by atoms with van der Waals surface area (Å²) in [7, 11) is 1.75. The van der Waals surface area contributed by atoms with Crippen LogP contribution in [0.15, 0.2) is 65.9 Å². The van der Waals surface area contributed by atoms with E-state index in [2.05, 4.69) is 44.9 Å².